The average molecular weight is 400 g/mol. The minimum Gasteiger partial charge on any atom is -0.497 e. The smallest absolute Gasteiger partial charge is 0.169 e. The number of hydrogen-bond donors (Lipinski definition) is 1. The number of methoxy groups -OCH3 is 2. The highest BCUT2D eigenvalue weighted by Crippen LogP contribution is 2.22. The third-order valence-electron chi connectivity index (χ3n) is 5.09. The minimum atomic E-state index is 0.726. The van der Waals surface area contributed by atoms with Crippen molar-refractivity contribution in [2.45, 2.75) is 20.0 Å². The van der Waals surface area contributed by atoms with Crippen LogP contribution in [0, 0.1) is 6.92 Å². The lowest BCUT2D eigenvalue weighted by molar-refractivity contribution is 0.173. The van der Waals surface area contributed by atoms with Crippen LogP contribution in [0.4, 0.5) is 0 Å². The zero-order chi connectivity index (χ0) is 19.9. The van der Waals surface area contributed by atoms with Crippen molar-refractivity contribution < 1.29 is 9.47 Å². The van der Waals surface area contributed by atoms with Crippen LogP contribution in [0.5, 0.6) is 11.5 Å². The average Bonchev–Trinajstić information content (AvgIpc) is 2.73. The van der Waals surface area contributed by atoms with Crippen LogP contribution in [-0.4, -0.2) is 55.3 Å². The summed E-state index contributed by atoms with van der Waals surface area (Å²) in [7, 11) is 3.41. The van der Waals surface area contributed by atoms with Gasteiger partial charge in [-0.1, -0.05) is 29.8 Å². The highest BCUT2D eigenvalue weighted by atomic mass is 32.1. The summed E-state index contributed by atoms with van der Waals surface area (Å²) in [6.45, 7) is 7.59. The van der Waals surface area contributed by atoms with Gasteiger partial charge in [0.2, 0.25) is 0 Å². The standard InChI is InChI=1S/C22H29N3O2S/c1-17-4-9-21(27-3)19(14-17)16-24-10-12-25(13-11-24)22(28)23-15-18-5-7-20(26-2)8-6-18/h4-9,14H,10-13,15-16H2,1-3H3,(H,23,28). The molecule has 0 spiro atoms. The molecule has 0 aliphatic carbocycles. The Morgan fingerprint density at radius 3 is 2.36 bits per heavy atom. The van der Waals surface area contributed by atoms with Gasteiger partial charge in [0.05, 0.1) is 14.2 Å². The molecule has 0 saturated carbocycles. The summed E-state index contributed by atoms with van der Waals surface area (Å²) < 4.78 is 10.7. The molecule has 1 fully saturated rings. The van der Waals surface area contributed by atoms with Crippen LogP contribution in [0.25, 0.3) is 0 Å². The lowest BCUT2D eigenvalue weighted by atomic mass is 10.1. The molecule has 6 heteroatoms. The van der Waals surface area contributed by atoms with Crippen molar-refractivity contribution in [2.24, 2.45) is 0 Å². The summed E-state index contributed by atoms with van der Waals surface area (Å²) in [5.74, 6) is 1.83. The van der Waals surface area contributed by atoms with Gasteiger partial charge in [-0.15, -0.1) is 0 Å². The van der Waals surface area contributed by atoms with Crippen molar-refractivity contribution in [1.82, 2.24) is 15.1 Å². The first-order chi connectivity index (χ1) is 13.6. The van der Waals surface area contributed by atoms with Gasteiger partial charge in [0.1, 0.15) is 11.5 Å². The van der Waals surface area contributed by atoms with E-state index in [4.69, 9.17) is 21.7 Å². The van der Waals surface area contributed by atoms with Crippen LogP contribution < -0.4 is 14.8 Å². The minimum absolute atomic E-state index is 0.726. The molecule has 0 atom stereocenters. The van der Waals surface area contributed by atoms with Gasteiger partial charge >= 0.3 is 0 Å². The zero-order valence-electron chi connectivity index (χ0n) is 16.9. The molecular weight excluding hydrogens is 370 g/mol. The SMILES string of the molecule is COc1ccc(CNC(=S)N2CCN(Cc3cc(C)ccc3OC)CC2)cc1. The summed E-state index contributed by atoms with van der Waals surface area (Å²) in [6, 6.07) is 14.4. The summed E-state index contributed by atoms with van der Waals surface area (Å²) in [6.07, 6.45) is 0. The molecule has 2 aromatic carbocycles. The summed E-state index contributed by atoms with van der Waals surface area (Å²) in [5, 5.41) is 4.20. The number of benzene rings is 2. The van der Waals surface area contributed by atoms with Crippen LogP contribution >= 0.6 is 12.2 Å². The number of nitrogens with one attached hydrogen (secondary N) is 1. The van der Waals surface area contributed by atoms with E-state index < -0.39 is 0 Å². The maximum atomic E-state index is 5.60. The molecule has 0 amide bonds. The number of rotatable bonds is 6. The topological polar surface area (TPSA) is 37.0 Å². The zero-order valence-corrected chi connectivity index (χ0v) is 17.7. The Kier molecular flexibility index (Phi) is 7.12. The van der Waals surface area contributed by atoms with E-state index in [1.807, 2.05) is 12.1 Å². The summed E-state index contributed by atoms with van der Waals surface area (Å²) >= 11 is 5.60. The molecule has 0 aromatic heterocycles. The third kappa shape index (κ3) is 5.36. The Labute approximate surface area is 173 Å². The number of piperazine rings is 1. The van der Waals surface area contributed by atoms with E-state index in [2.05, 4.69) is 52.4 Å². The molecule has 0 unspecified atom stereocenters. The molecule has 1 heterocycles. The summed E-state index contributed by atoms with van der Waals surface area (Å²) in [4.78, 5) is 4.71. The molecule has 3 rings (SSSR count). The number of aryl methyl sites for hydroxylation is 1. The molecule has 1 aliphatic heterocycles. The fourth-order valence-corrected chi connectivity index (χ4v) is 3.67. The molecule has 1 N–H and O–H groups in total. The van der Waals surface area contributed by atoms with Crippen LogP contribution in [-0.2, 0) is 13.1 Å². The van der Waals surface area contributed by atoms with Gasteiger partial charge in [-0.3, -0.25) is 4.90 Å². The van der Waals surface area contributed by atoms with Crippen molar-refractivity contribution >= 4 is 17.3 Å². The summed E-state index contributed by atoms with van der Waals surface area (Å²) in [5.41, 5.74) is 3.70. The van der Waals surface area contributed by atoms with Gasteiger partial charge in [0, 0.05) is 44.8 Å². The maximum Gasteiger partial charge on any atom is 0.169 e. The highest BCUT2D eigenvalue weighted by molar-refractivity contribution is 7.80. The van der Waals surface area contributed by atoms with Crippen molar-refractivity contribution in [3.8, 4) is 11.5 Å². The van der Waals surface area contributed by atoms with Gasteiger partial charge in [-0.05, 0) is 42.9 Å². The maximum absolute atomic E-state index is 5.60. The molecule has 28 heavy (non-hydrogen) atoms. The van der Waals surface area contributed by atoms with E-state index in [1.54, 1.807) is 14.2 Å². The molecule has 0 bridgehead atoms. The first-order valence-corrected chi connectivity index (χ1v) is 10.0. The first kappa shape index (κ1) is 20.4. The molecule has 2 aromatic rings. The fourth-order valence-electron chi connectivity index (χ4n) is 3.41. The van der Waals surface area contributed by atoms with E-state index in [0.29, 0.717) is 0 Å². The molecule has 1 saturated heterocycles. The second kappa shape index (κ2) is 9.75. The van der Waals surface area contributed by atoms with Gasteiger partial charge in [0.15, 0.2) is 5.11 Å². The van der Waals surface area contributed by atoms with E-state index >= 15 is 0 Å². The van der Waals surface area contributed by atoms with Gasteiger partial charge in [-0.25, -0.2) is 0 Å². The normalized spacial score (nSPS) is 14.6. The van der Waals surface area contributed by atoms with Crippen LogP contribution in [0.3, 0.4) is 0 Å². The van der Waals surface area contributed by atoms with Crippen LogP contribution in [0.1, 0.15) is 16.7 Å². The van der Waals surface area contributed by atoms with Gasteiger partial charge in [-0.2, -0.15) is 0 Å². The van der Waals surface area contributed by atoms with Gasteiger partial charge < -0.3 is 19.7 Å². The second-order valence-electron chi connectivity index (χ2n) is 7.09. The highest BCUT2D eigenvalue weighted by Gasteiger charge is 2.20. The molecule has 5 nitrogen and oxygen atoms in total. The van der Waals surface area contributed by atoms with E-state index in [1.165, 1.54) is 16.7 Å². The van der Waals surface area contributed by atoms with E-state index in [-0.39, 0.29) is 0 Å². The van der Waals surface area contributed by atoms with Gasteiger partial charge in [0.25, 0.3) is 0 Å². The third-order valence-corrected chi connectivity index (χ3v) is 5.49. The molecule has 1 aliphatic rings. The van der Waals surface area contributed by atoms with Crippen molar-refractivity contribution in [1.29, 1.82) is 0 Å². The Morgan fingerprint density at radius 2 is 1.71 bits per heavy atom. The molecular formula is C22H29N3O2S. The molecule has 0 radical (unpaired) electrons. The number of thiocarbonyl (C=S) groups is 1. The predicted molar refractivity (Wildman–Crippen MR) is 117 cm³/mol. The fraction of sp³-hybridized carbons (Fsp3) is 0.409. The Morgan fingerprint density at radius 1 is 1.00 bits per heavy atom. The van der Waals surface area contributed by atoms with Crippen molar-refractivity contribution in [2.75, 3.05) is 40.4 Å². The number of nitrogens with zero attached hydrogens (tertiary/aromatic N) is 2. The quantitative estimate of drug-likeness (QED) is 0.752. The van der Waals surface area contributed by atoms with E-state index in [9.17, 15) is 0 Å². The lowest BCUT2D eigenvalue weighted by Gasteiger charge is -2.36. The Hall–Kier alpha value is -2.31. The monoisotopic (exact) mass is 399 g/mol. The number of hydrogen-bond acceptors (Lipinski definition) is 4. The number of ether oxygens (including phenoxy) is 2. The first-order valence-electron chi connectivity index (χ1n) is 9.60. The van der Waals surface area contributed by atoms with E-state index in [0.717, 1.165) is 55.9 Å². The second-order valence-corrected chi connectivity index (χ2v) is 7.47. The lowest BCUT2D eigenvalue weighted by Crippen LogP contribution is -2.51. The molecule has 150 valence electrons. The predicted octanol–water partition coefficient (Wildman–Crippen LogP) is 3.20. The Bertz CT molecular complexity index is 787. The van der Waals surface area contributed by atoms with Crippen molar-refractivity contribution in [3.05, 3.63) is 59.2 Å². The van der Waals surface area contributed by atoms with Crippen LogP contribution in [0.2, 0.25) is 0 Å². The van der Waals surface area contributed by atoms with Crippen LogP contribution in [0.15, 0.2) is 42.5 Å². The largest absolute Gasteiger partial charge is 0.497 e. The Balaban J connectivity index is 1.46. The van der Waals surface area contributed by atoms with Crippen molar-refractivity contribution in [3.63, 3.8) is 0 Å².